The van der Waals surface area contributed by atoms with E-state index in [-0.39, 0.29) is 11.7 Å². The van der Waals surface area contributed by atoms with Gasteiger partial charge in [0, 0.05) is 25.0 Å². The molecule has 0 saturated heterocycles. The van der Waals surface area contributed by atoms with Crippen molar-refractivity contribution in [2.45, 2.75) is 18.1 Å². The number of benzene rings is 2. The molecule has 2 aromatic carbocycles. The minimum atomic E-state index is -1.09. The van der Waals surface area contributed by atoms with Crippen LogP contribution in [-0.2, 0) is 24.8 Å². The predicted molar refractivity (Wildman–Crippen MR) is 96.7 cm³/mol. The van der Waals surface area contributed by atoms with Crippen molar-refractivity contribution in [2.24, 2.45) is 0 Å². The van der Waals surface area contributed by atoms with E-state index in [1.807, 2.05) is 54.6 Å². The van der Waals surface area contributed by atoms with E-state index in [0.29, 0.717) is 6.42 Å². The van der Waals surface area contributed by atoms with Crippen LogP contribution in [0.2, 0.25) is 0 Å². The van der Waals surface area contributed by atoms with Crippen molar-refractivity contribution < 1.29 is 23.7 Å². The van der Waals surface area contributed by atoms with Gasteiger partial charge in [-0.05, 0) is 35.9 Å². The van der Waals surface area contributed by atoms with Gasteiger partial charge in [-0.1, -0.05) is 30.3 Å². The van der Waals surface area contributed by atoms with Gasteiger partial charge in [-0.2, -0.15) is 0 Å². The van der Waals surface area contributed by atoms with E-state index in [2.05, 4.69) is 0 Å². The molecule has 0 aromatic heterocycles. The first kappa shape index (κ1) is 18.0. The predicted octanol–water partition coefficient (Wildman–Crippen LogP) is 3.76. The van der Waals surface area contributed by atoms with Gasteiger partial charge in [-0.25, -0.2) is 4.79 Å². The van der Waals surface area contributed by atoms with Crippen molar-refractivity contribution in [1.29, 1.82) is 0 Å². The zero-order chi connectivity index (χ0) is 18.6. The normalized spacial score (nSPS) is 22.1. The average Bonchev–Trinajstić information content (AvgIpc) is 2.73. The highest BCUT2D eigenvalue weighted by Gasteiger charge is 2.43. The topological polar surface area (TPSA) is 54.0 Å². The first-order valence-electron chi connectivity index (χ1n) is 8.35. The SMILES string of the molecule is COC(=O)C1=C[C@H](c2ccccc2)C[C@](OC)(c2ccc(OC)cc2)O1. The highest BCUT2D eigenvalue weighted by Crippen LogP contribution is 2.44. The fourth-order valence-corrected chi connectivity index (χ4v) is 3.17. The third kappa shape index (κ3) is 3.44. The van der Waals surface area contributed by atoms with Gasteiger partial charge >= 0.3 is 5.97 Å². The summed E-state index contributed by atoms with van der Waals surface area (Å²) in [5.41, 5.74) is 1.88. The summed E-state index contributed by atoms with van der Waals surface area (Å²) in [4.78, 5) is 12.2. The van der Waals surface area contributed by atoms with Gasteiger partial charge in [-0.15, -0.1) is 0 Å². The van der Waals surface area contributed by atoms with Crippen molar-refractivity contribution in [2.75, 3.05) is 21.3 Å². The monoisotopic (exact) mass is 354 g/mol. The van der Waals surface area contributed by atoms with Crippen LogP contribution in [0, 0.1) is 0 Å². The summed E-state index contributed by atoms with van der Waals surface area (Å²) in [7, 11) is 4.52. The number of ether oxygens (including phenoxy) is 4. The first-order chi connectivity index (χ1) is 12.6. The third-order valence-corrected chi connectivity index (χ3v) is 4.59. The summed E-state index contributed by atoms with van der Waals surface area (Å²) in [6, 6.07) is 17.4. The van der Waals surface area contributed by atoms with Crippen LogP contribution in [0.1, 0.15) is 23.5 Å². The molecule has 5 nitrogen and oxygen atoms in total. The molecule has 0 amide bonds. The van der Waals surface area contributed by atoms with E-state index in [4.69, 9.17) is 18.9 Å². The number of carbonyl (C=O) groups is 1. The zero-order valence-electron chi connectivity index (χ0n) is 15.1. The molecule has 3 rings (SSSR count). The van der Waals surface area contributed by atoms with Crippen LogP contribution in [0.4, 0.5) is 0 Å². The molecule has 0 fully saturated rings. The van der Waals surface area contributed by atoms with Crippen molar-refractivity contribution in [3.8, 4) is 5.75 Å². The van der Waals surface area contributed by atoms with Crippen molar-refractivity contribution in [3.05, 3.63) is 77.6 Å². The fraction of sp³-hybridized carbons (Fsp3) is 0.286. The van der Waals surface area contributed by atoms with E-state index in [9.17, 15) is 4.79 Å². The maximum atomic E-state index is 12.2. The van der Waals surface area contributed by atoms with Crippen molar-refractivity contribution in [1.82, 2.24) is 0 Å². The Balaban J connectivity index is 2.04. The Morgan fingerprint density at radius 2 is 1.73 bits per heavy atom. The molecule has 0 bridgehead atoms. The van der Waals surface area contributed by atoms with E-state index < -0.39 is 11.8 Å². The Morgan fingerprint density at radius 3 is 2.31 bits per heavy atom. The summed E-state index contributed by atoms with van der Waals surface area (Å²) in [5.74, 6) is -0.795. The molecule has 0 saturated carbocycles. The summed E-state index contributed by atoms with van der Waals surface area (Å²) in [6.45, 7) is 0. The van der Waals surface area contributed by atoms with Crippen LogP contribution in [0.15, 0.2) is 66.4 Å². The third-order valence-electron chi connectivity index (χ3n) is 4.59. The highest BCUT2D eigenvalue weighted by atomic mass is 16.7. The van der Waals surface area contributed by atoms with Gasteiger partial charge in [-0.3, -0.25) is 0 Å². The zero-order valence-corrected chi connectivity index (χ0v) is 15.1. The molecule has 2 aromatic rings. The molecule has 0 aliphatic carbocycles. The number of allylic oxidation sites excluding steroid dienone is 1. The summed E-state index contributed by atoms with van der Waals surface area (Å²) >= 11 is 0. The fourth-order valence-electron chi connectivity index (χ4n) is 3.17. The molecule has 26 heavy (non-hydrogen) atoms. The smallest absolute Gasteiger partial charge is 0.373 e. The van der Waals surface area contributed by atoms with Gasteiger partial charge in [0.1, 0.15) is 5.75 Å². The number of hydrogen-bond donors (Lipinski definition) is 0. The molecule has 136 valence electrons. The second-order valence-electron chi connectivity index (χ2n) is 6.03. The lowest BCUT2D eigenvalue weighted by Crippen LogP contribution is -2.38. The van der Waals surface area contributed by atoms with Crippen LogP contribution in [0.3, 0.4) is 0 Å². The summed E-state index contributed by atoms with van der Waals surface area (Å²) in [5, 5.41) is 0. The van der Waals surface area contributed by atoms with Gasteiger partial charge in [0.2, 0.25) is 11.5 Å². The number of carbonyl (C=O) groups excluding carboxylic acids is 1. The van der Waals surface area contributed by atoms with Crippen LogP contribution in [0.5, 0.6) is 5.75 Å². The first-order valence-corrected chi connectivity index (χ1v) is 8.35. The Hall–Kier alpha value is -2.79. The summed E-state index contributed by atoms with van der Waals surface area (Å²) in [6.07, 6.45) is 2.32. The Bertz CT molecular complexity index is 782. The maximum absolute atomic E-state index is 12.2. The van der Waals surface area contributed by atoms with Crippen LogP contribution in [0.25, 0.3) is 0 Å². The molecule has 1 aliphatic heterocycles. The number of esters is 1. The van der Waals surface area contributed by atoms with Gasteiger partial charge in [0.15, 0.2) is 0 Å². The van der Waals surface area contributed by atoms with E-state index in [0.717, 1.165) is 16.9 Å². The molecular weight excluding hydrogens is 332 g/mol. The largest absolute Gasteiger partial charge is 0.497 e. The van der Waals surface area contributed by atoms with Crippen LogP contribution < -0.4 is 4.74 Å². The van der Waals surface area contributed by atoms with Gasteiger partial charge in [0.05, 0.1) is 14.2 Å². The van der Waals surface area contributed by atoms with E-state index in [1.165, 1.54) is 7.11 Å². The van der Waals surface area contributed by atoms with Gasteiger partial charge in [0.25, 0.3) is 0 Å². The molecule has 2 atom stereocenters. The standard InChI is InChI=1S/C21H22O5/c1-23-18-11-9-17(10-12-18)21(25-3)14-16(15-7-5-4-6-8-15)13-19(26-21)20(22)24-2/h4-13,16H,14H2,1-3H3/t16-,21+/m0/s1. The van der Waals surface area contributed by atoms with Crippen LogP contribution >= 0.6 is 0 Å². The van der Waals surface area contributed by atoms with Crippen molar-refractivity contribution >= 4 is 5.97 Å². The minimum absolute atomic E-state index is 0.0545. The average molecular weight is 354 g/mol. The number of hydrogen-bond acceptors (Lipinski definition) is 5. The second kappa shape index (κ2) is 7.62. The van der Waals surface area contributed by atoms with E-state index in [1.54, 1.807) is 20.3 Å². The molecule has 0 unspecified atom stereocenters. The molecule has 5 heteroatoms. The number of rotatable bonds is 5. The number of methoxy groups -OCH3 is 3. The second-order valence-corrected chi connectivity index (χ2v) is 6.03. The molecule has 0 spiro atoms. The van der Waals surface area contributed by atoms with Gasteiger partial charge < -0.3 is 18.9 Å². The lowest BCUT2D eigenvalue weighted by atomic mass is 9.85. The van der Waals surface area contributed by atoms with E-state index >= 15 is 0 Å². The maximum Gasteiger partial charge on any atom is 0.373 e. The highest BCUT2D eigenvalue weighted by molar-refractivity contribution is 5.86. The van der Waals surface area contributed by atoms with Crippen molar-refractivity contribution in [3.63, 3.8) is 0 Å². The lowest BCUT2D eigenvalue weighted by molar-refractivity contribution is -0.225. The Kier molecular flexibility index (Phi) is 5.28. The minimum Gasteiger partial charge on any atom is -0.497 e. The Labute approximate surface area is 153 Å². The molecular formula is C21H22O5. The van der Waals surface area contributed by atoms with Crippen LogP contribution in [-0.4, -0.2) is 27.3 Å². The molecule has 1 heterocycles. The molecule has 1 aliphatic rings. The molecule has 0 N–H and O–H groups in total. The molecule has 0 radical (unpaired) electrons. The Morgan fingerprint density at radius 1 is 1.04 bits per heavy atom. The quantitative estimate of drug-likeness (QED) is 0.766. The summed E-state index contributed by atoms with van der Waals surface area (Å²) < 4.78 is 21.9. The lowest BCUT2D eigenvalue weighted by Gasteiger charge is -2.39.